The highest BCUT2D eigenvalue weighted by Crippen LogP contribution is 2.34. The lowest BCUT2D eigenvalue weighted by molar-refractivity contribution is 0.572. The number of halogens is 1. The number of rotatable bonds is 1. The zero-order valence-corrected chi connectivity index (χ0v) is 12.1. The van der Waals surface area contributed by atoms with Crippen LogP contribution in [0.5, 0.6) is 0 Å². The van der Waals surface area contributed by atoms with E-state index in [0.717, 1.165) is 16.3 Å². The fourth-order valence-electron chi connectivity index (χ4n) is 1.62. The predicted octanol–water partition coefficient (Wildman–Crippen LogP) is 4.63. The van der Waals surface area contributed by atoms with Crippen LogP contribution in [0.2, 0.25) is 5.02 Å². The summed E-state index contributed by atoms with van der Waals surface area (Å²) in [6.45, 7) is 6.19. The maximum absolute atomic E-state index is 9.19. The molecular formula is C14H13ClN2S. The van der Waals surface area contributed by atoms with Gasteiger partial charge >= 0.3 is 0 Å². The lowest BCUT2D eigenvalue weighted by Gasteiger charge is -2.15. The van der Waals surface area contributed by atoms with Gasteiger partial charge in [-0.1, -0.05) is 44.5 Å². The molecule has 0 amide bonds. The zero-order valence-electron chi connectivity index (χ0n) is 10.5. The van der Waals surface area contributed by atoms with Gasteiger partial charge in [0.2, 0.25) is 0 Å². The van der Waals surface area contributed by atoms with Crippen LogP contribution in [0.15, 0.2) is 24.3 Å². The molecule has 0 fully saturated rings. The van der Waals surface area contributed by atoms with Crippen molar-refractivity contribution in [1.29, 1.82) is 5.26 Å². The zero-order chi connectivity index (χ0) is 13.3. The average molecular weight is 277 g/mol. The second-order valence-electron chi connectivity index (χ2n) is 5.07. The molecule has 0 aliphatic carbocycles. The molecule has 0 unspecified atom stereocenters. The maximum atomic E-state index is 9.19. The third kappa shape index (κ3) is 2.55. The van der Waals surface area contributed by atoms with E-state index in [4.69, 9.17) is 11.6 Å². The minimum atomic E-state index is -0.119. The molecule has 92 valence electrons. The summed E-state index contributed by atoms with van der Waals surface area (Å²) in [5, 5.41) is 10.8. The molecule has 0 atom stereocenters. The van der Waals surface area contributed by atoms with Gasteiger partial charge in [-0.2, -0.15) is 5.26 Å². The quantitative estimate of drug-likeness (QED) is 0.761. The molecule has 0 bridgehead atoms. The summed E-state index contributed by atoms with van der Waals surface area (Å²) in [7, 11) is 0. The van der Waals surface area contributed by atoms with Gasteiger partial charge in [0.05, 0.1) is 5.69 Å². The van der Waals surface area contributed by atoms with Crippen molar-refractivity contribution < 1.29 is 0 Å². The van der Waals surface area contributed by atoms with Crippen molar-refractivity contribution >= 4 is 22.9 Å². The molecule has 2 aromatic rings. The molecule has 0 spiro atoms. The molecule has 1 aromatic carbocycles. The first-order valence-electron chi connectivity index (χ1n) is 5.59. The highest BCUT2D eigenvalue weighted by molar-refractivity contribution is 7.15. The van der Waals surface area contributed by atoms with Gasteiger partial charge in [-0.05, 0) is 12.1 Å². The number of nitriles is 1. The minimum absolute atomic E-state index is 0.119. The Hall–Kier alpha value is -1.37. The molecule has 0 aliphatic heterocycles. The van der Waals surface area contributed by atoms with Gasteiger partial charge in [0.25, 0.3) is 0 Å². The van der Waals surface area contributed by atoms with E-state index in [9.17, 15) is 5.26 Å². The van der Waals surface area contributed by atoms with E-state index in [-0.39, 0.29) is 5.41 Å². The van der Waals surface area contributed by atoms with Crippen LogP contribution in [0, 0.1) is 11.3 Å². The van der Waals surface area contributed by atoms with Crippen LogP contribution in [0.1, 0.15) is 31.3 Å². The Bertz CT molecular complexity index is 600. The third-order valence-electron chi connectivity index (χ3n) is 2.53. The van der Waals surface area contributed by atoms with Crippen molar-refractivity contribution in [3.63, 3.8) is 0 Å². The summed E-state index contributed by atoms with van der Waals surface area (Å²) in [6, 6.07) is 9.75. The number of thiazole rings is 1. The molecule has 0 aliphatic rings. The summed E-state index contributed by atoms with van der Waals surface area (Å²) in [5.74, 6) is 0. The lowest BCUT2D eigenvalue weighted by Crippen LogP contribution is -2.13. The number of aromatic nitrogens is 1. The Labute approximate surface area is 116 Å². The highest BCUT2D eigenvalue weighted by Gasteiger charge is 2.23. The summed E-state index contributed by atoms with van der Waals surface area (Å²) < 4.78 is 0. The SMILES string of the molecule is CC(C)(C)c1nc(-c2ccc(Cl)cc2)sc1C#N. The molecular weight excluding hydrogens is 264 g/mol. The first-order chi connectivity index (χ1) is 8.41. The van der Waals surface area contributed by atoms with E-state index in [1.807, 2.05) is 24.3 Å². The molecule has 0 saturated heterocycles. The molecule has 2 rings (SSSR count). The second kappa shape index (κ2) is 4.72. The second-order valence-corrected chi connectivity index (χ2v) is 6.50. The summed E-state index contributed by atoms with van der Waals surface area (Å²) in [5.41, 5.74) is 1.74. The van der Waals surface area contributed by atoms with E-state index in [1.165, 1.54) is 11.3 Å². The lowest BCUT2D eigenvalue weighted by atomic mass is 9.91. The van der Waals surface area contributed by atoms with Gasteiger partial charge in [0.15, 0.2) is 0 Å². The number of hydrogen-bond acceptors (Lipinski definition) is 3. The largest absolute Gasteiger partial charge is 0.239 e. The topological polar surface area (TPSA) is 36.7 Å². The van der Waals surface area contributed by atoms with E-state index < -0.39 is 0 Å². The maximum Gasteiger partial charge on any atom is 0.128 e. The van der Waals surface area contributed by atoms with Crippen molar-refractivity contribution in [3.05, 3.63) is 39.9 Å². The van der Waals surface area contributed by atoms with Crippen LogP contribution >= 0.6 is 22.9 Å². The standard InChI is InChI=1S/C14H13ClN2S/c1-14(2,3)12-11(8-16)18-13(17-12)9-4-6-10(15)7-5-9/h4-7H,1-3H3. The van der Waals surface area contributed by atoms with Gasteiger partial charge in [-0.15, -0.1) is 11.3 Å². The number of nitrogens with zero attached hydrogens (tertiary/aromatic N) is 2. The fourth-order valence-corrected chi connectivity index (χ4v) is 2.82. The van der Waals surface area contributed by atoms with E-state index >= 15 is 0 Å². The van der Waals surface area contributed by atoms with Crippen LogP contribution in [0.4, 0.5) is 0 Å². The van der Waals surface area contributed by atoms with Crippen molar-refractivity contribution in [3.8, 4) is 16.6 Å². The third-order valence-corrected chi connectivity index (χ3v) is 3.79. The van der Waals surface area contributed by atoms with Crippen LogP contribution < -0.4 is 0 Å². The van der Waals surface area contributed by atoms with Crippen LogP contribution in [-0.4, -0.2) is 4.98 Å². The van der Waals surface area contributed by atoms with Crippen LogP contribution in [-0.2, 0) is 5.41 Å². The molecule has 1 aromatic heterocycles. The van der Waals surface area contributed by atoms with E-state index in [2.05, 4.69) is 31.8 Å². The normalized spacial score (nSPS) is 11.3. The first kappa shape index (κ1) is 13.1. The molecule has 0 saturated carbocycles. The molecule has 4 heteroatoms. The summed E-state index contributed by atoms with van der Waals surface area (Å²) in [4.78, 5) is 5.29. The fraction of sp³-hybridized carbons (Fsp3) is 0.286. The first-order valence-corrected chi connectivity index (χ1v) is 6.78. The van der Waals surface area contributed by atoms with Gasteiger partial charge in [-0.25, -0.2) is 4.98 Å². The minimum Gasteiger partial charge on any atom is -0.239 e. The Balaban J connectivity index is 2.52. The van der Waals surface area contributed by atoms with Crippen molar-refractivity contribution in [2.24, 2.45) is 0 Å². The van der Waals surface area contributed by atoms with Crippen LogP contribution in [0.25, 0.3) is 10.6 Å². The van der Waals surface area contributed by atoms with Gasteiger partial charge in [-0.3, -0.25) is 0 Å². The molecule has 1 heterocycles. The number of benzene rings is 1. The Kier molecular flexibility index (Phi) is 3.43. The summed E-state index contributed by atoms with van der Waals surface area (Å²) >= 11 is 7.30. The van der Waals surface area contributed by atoms with E-state index in [1.54, 1.807) is 0 Å². The monoisotopic (exact) mass is 276 g/mol. The van der Waals surface area contributed by atoms with Gasteiger partial charge in [0, 0.05) is 16.0 Å². The van der Waals surface area contributed by atoms with Gasteiger partial charge in [0.1, 0.15) is 16.0 Å². The highest BCUT2D eigenvalue weighted by atomic mass is 35.5. The Morgan fingerprint density at radius 3 is 2.28 bits per heavy atom. The molecule has 0 radical (unpaired) electrons. The van der Waals surface area contributed by atoms with E-state index in [0.29, 0.717) is 9.90 Å². The molecule has 2 nitrogen and oxygen atoms in total. The average Bonchev–Trinajstić information content (AvgIpc) is 2.73. The van der Waals surface area contributed by atoms with Gasteiger partial charge < -0.3 is 0 Å². The van der Waals surface area contributed by atoms with Crippen molar-refractivity contribution in [1.82, 2.24) is 4.98 Å². The molecule has 18 heavy (non-hydrogen) atoms. The molecule has 0 N–H and O–H groups in total. The van der Waals surface area contributed by atoms with Crippen molar-refractivity contribution in [2.45, 2.75) is 26.2 Å². The predicted molar refractivity (Wildman–Crippen MR) is 76.0 cm³/mol. The van der Waals surface area contributed by atoms with Crippen molar-refractivity contribution in [2.75, 3.05) is 0 Å². The smallest absolute Gasteiger partial charge is 0.128 e. The Morgan fingerprint density at radius 2 is 1.83 bits per heavy atom. The Morgan fingerprint density at radius 1 is 1.22 bits per heavy atom. The van der Waals surface area contributed by atoms with Crippen LogP contribution in [0.3, 0.4) is 0 Å². The number of hydrogen-bond donors (Lipinski definition) is 0. The summed E-state index contributed by atoms with van der Waals surface area (Å²) in [6.07, 6.45) is 0.